The normalized spacial score (nSPS) is 13.4. The molecule has 6 heteroatoms. The number of carbonyl (C=O) groups excluding carboxylic acids is 2. The fourth-order valence-corrected chi connectivity index (χ4v) is 3.09. The number of nitrogens with zero attached hydrogens (tertiary/aromatic N) is 1. The van der Waals surface area contributed by atoms with Crippen LogP contribution in [0.25, 0.3) is 0 Å². The molecule has 27 heavy (non-hydrogen) atoms. The second-order valence-electron chi connectivity index (χ2n) is 6.72. The first kappa shape index (κ1) is 18.9. The van der Waals surface area contributed by atoms with E-state index in [2.05, 4.69) is 10.6 Å². The molecule has 2 aromatic rings. The molecule has 0 bridgehead atoms. The number of nitrogens with one attached hydrogen (secondary N) is 2. The van der Waals surface area contributed by atoms with E-state index < -0.39 is 0 Å². The van der Waals surface area contributed by atoms with Crippen LogP contribution < -0.4 is 10.6 Å². The summed E-state index contributed by atoms with van der Waals surface area (Å²) >= 11 is 0. The summed E-state index contributed by atoms with van der Waals surface area (Å²) in [5, 5.41) is 5.49. The predicted octanol–water partition coefficient (Wildman–Crippen LogP) is 3.70. The third-order valence-electron chi connectivity index (χ3n) is 4.66. The maximum absolute atomic E-state index is 12.9. The molecule has 3 amide bonds. The molecule has 2 aromatic carbocycles. The quantitative estimate of drug-likeness (QED) is 0.816. The molecule has 0 aliphatic carbocycles. The highest BCUT2D eigenvalue weighted by atomic mass is 19.1. The number of carbonyl (C=O) groups is 2. The van der Waals surface area contributed by atoms with Crippen LogP contribution >= 0.6 is 0 Å². The Kier molecular flexibility index (Phi) is 6.41. The number of halogens is 1. The second-order valence-corrected chi connectivity index (χ2v) is 6.72. The summed E-state index contributed by atoms with van der Waals surface area (Å²) in [4.78, 5) is 26.0. The summed E-state index contributed by atoms with van der Waals surface area (Å²) in [6, 6.07) is 13.2. The van der Waals surface area contributed by atoms with Gasteiger partial charge < -0.3 is 15.5 Å². The first-order valence-electron chi connectivity index (χ1n) is 9.26. The Morgan fingerprint density at radius 1 is 0.926 bits per heavy atom. The van der Waals surface area contributed by atoms with Crippen molar-refractivity contribution in [2.45, 2.75) is 32.2 Å². The minimum atomic E-state index is -0.323. The summed E-state index contributed by atoms with van der Waals surface area (Å²) in [6.45, 7) is 2.09. The monoisotopic (exact) mass is 369 g/mol. The van der Waals surface area contributed by atoms with Gasteiger partial charge in [0, 0.05) is 31.7 Å². The Morgan fingerprint density at radius 3 is 2.22 bits per heavy atom. The Bertz CT molecular complexity index is 769. The summed E-state index contributed by atoms with van der Waals surface area (Å²) in [7, 11) is 0. The molecule has 1 fully saturated rings. The minimum absolute atomic E-state index is 0.217. The molecule has 0 spiro atoms. The summed E-state index contributed by atoms with van der Waals surface area (Å²) in [5.74, 6) is -0.0831. The lowest BCUT2D eigenvalue weighted by Gasteiger charge is -2.15. The van der Waals surface area contributed by atoms with Gasteiger partial charge in [-0.3, -0.25) is 4.79 Å². The lowest BCUT2D eigenvalue weighted by Crippen LogP contribution is -2.28. The number of hydrogen-bond acceptors (Lipinski definition) is 2. The summed E-state index contributed by atoms with van der Waals surface area (Å²) < 4.78 is 12.9. The molecular formula is C21H24FN3O2. The predicted molar refractivity (Wildman–Crippen MR) is 103 cm³/mol. The van der Waals surface area contributed by atoms with Crippen LogP contribution in [0, 0.1) is 5.82 Å². The van der Waals surface area contributed by atoms with E-state index in [0.717, 1.165) is 37.1 Å². The zero-order valence-corrected chi connectivity index (χ0v) is 15.2. The topological polar surface area (TPSA) is 61.4 Å². The standard InChI is InChI=1S/C21H24FN3O2/c22-18-8-3-17(4-9-18)15-23-21(27)24-19-10-5-16(6-11-19)7-12-20(26)25-13-1-2-14-25/h3-6,8-11H,1-2,7,12-15H2,(H2,23,24,27). The van der Waals surface area contributed by atoms with Crippen molar-refractivity contribution < 1.29 is 14.0 Å². The largest absolute Gasteiger partial charge is 0.343 e. The molecule has 0 radical (unpaired) electrons. The number of hydrogen-bond donors (Lipinski definition) is 2. The van der Waals surface area contributed by atoms with Gasteiger partial charge in [-0.15, -0.1) is 0 Å². The van der Waals surface area contributed by atoms with Crippen molar-refractivity contribution in [2.75, 3.05) is 18.4 Å². The van der Waals surface area contributed by atoms with E-state index in [1.54, 1.807) is 12.1 Å². The highest BCUT2D eigenvalue weighted by molar-refractivity contribution is 5.89. The Hall–Kier alpha value is -2.89. The fourth-order valence-electron chi connectivity index (χ4n) is 3.09. The van der Waals surface area contributed by atoms with E-state index in [0.29, 0.717) is 25.1 Å². The van der Waals surface area contributed by atoms with Crippen LogP contribution in [0.4, 0.5) is 14.9 Å². The third kappa shape index (κ3) is 5.81. The molecule has 0 atom stereocenters. The van der Waals surface area contributed by atoms with E-state index >= 15 is 0 Å². The smallest absolute Gasteiger partial charge is 0.319 e. The van der Waals surface area contributed by atoms with Crippen molar-refractivity contribution in [3.05, 3.63) is 65.5 Å². The van der Waals surface area contributed by atoms with Crippen LogP contribution in [-0.4, -0.2) is 29.9 Å². The minimum Gasteiger partial charge on any atom is -0.343 e. The molecule has 2 N–H and O–H groups in total. The fraction of sp³-hybridized carbons (Fsp3) is 0.333. The molecule has 142 valence electrons. The number of likely N-dealkylation sites (tertiary alicyclic amines) is 1. The average molecular weight is 369 g/mol. The zero-order valence-electron chi connectivity index (χ0n) is 15.2. The summed E-state index contributed by atoms with van der Waals surface area (Å²) in [6.07, 6.45) is 3.43. The van der Waals surface area contributed by atoms with E-state index in [1.807, 2.05) is 29.2 Å². The number of anilines is 1. The molecule has 0 unspecified atom stereocenters. The summed E-state index contributed by atoms with van der Waals surface area (Å²) in [5.41, 5.74) is 2.57. The van der Waals surface area contributed by atoms with Gasteiger partial charge >= 0.3 is 6.03 Å². The number of aryl methyl sites for hydroxylation is 1. The Labute approximate surface area is 158 Å². The van der Waals surface area contributed by atoms with Crippen LogP contribution in [0.5, 0.6) is 0 Å². The van der Waals surface area contributed by atoms with Gasteiger partial charge in [0.1, 0.15) is 5.82 Å². The molecule has 1 aliphatic heterocycles. The highest BCUT2D eigenvalue weighted by Gasteiger charge is 2.17. The van der Waals surface area contributed by atoms with E-state index in [1.165, 1.54) is 12.1 Å². The van der Waals surface area contributed by atoms with Gasteiger partial charge in [0.15, 0.2) is 0 Å². The van der Waals surface area contributed by atoms with Crippen molar-refractivity contribution in [3.8, 4) is 0 Å². The van der Waals surface area contributed by atoms with Crippen LogP contribution in [0.3, 0.4) is 0 Å². The third-order valence-corrected chi connectivity index (χ3v) is 4.66. The SMILES string of the molecule is O=C(NCc1ccc(F)cc1)Nc1ccc(CCC(=O)N2CCCC2)cc1. The molecule has 3 rings (SSSR count). The van der Waals surface area contributed by atoms with Crippen molar-refractivity contribution in [1.82, 2.24) is 10.2 Å². The van der Waals surface area contributed by atoms with Gasteiger partial charge in [0.25, 0.3) is 0 Å². The van der Waals surface area contributed by atoms with Crippen molar-refractivity contribution in [1.29, 1.82) is 0 Å². The van der Waals surface area contributed by atoms with E-state index in [9.17, 15) is 14.0 Å². The molecule has 1 aliphatic rings. The van der Waals surface area contributed by atoms with Gasteiger partial charge in [-0.25, -0.2) is 9.18 Å². The first-order valence-corrected chi connectivity index (χ1v) is 9.26. The van der Waals surface area contributed by atoms with E-state index in [-0.39, 0.29) is 17.8 Å². The van der Waals surface area contributed by atoms with Gasteiger partial charge in [-0.1, -0.05) is 24.3 Å². The maximum Gasteiger partial charge on any atom is 0.319 e. The lowest BCUT2D eigenvalue weighted by molar-refractivity contribution is -0.130. The number of benzene rings is 2. The molecule has 0 aromatic heterocycles. The molecular weight excluding hydrogens is 345 g/mol. The van der Waals surface area contributed by atoms with Crippen LogP contribution in [0.15, 0.2) is 48.5 Å². The Balaban J connectivity index is 1.42. The van der Waals surface area contributed by atoms with E-state index in [4.69, 9.17) is 0 Å². The van der Waals surface area contributed by atoms with Crippen LogP contribution in [-0.2, 0) is 17.8 Å². The first-order chi connectivity index (χ1) is 13.1. The van der Waals surface area contributed by atoms with Gasteiger partial charge in [0.05, 0.1) is 0 Å². The average Bonchev–Trinajstić information content (AvgIpc) is 3.22. The van der Waals surface area contributed by atoms with Crippen molar-refractivity contribution >= 4 is 17.6 Å². The van der Waals surface area contributed by atoms with Crippen molar-refractivity contribution in [3.63, 3.8) is 0 Å². The zero-order chi connectivity index (χ0) is 19.1. The maximum atomic E-state index is 12.9. The second kappa shape index (κ2) is 9.16. The Morgan fingerprint density at radius 2 is 1.56 bits per heavy atom. The molecule has 1 heterocycles. The van der Waals surface area contributed by atoms with Gasteiger partial charge in [-0.05, 0) is 54.7 Å². The molecule has 1 saturated heterocycles. The van der Waals surface area contributed by atoms with Crippen molar-refractivity contribution in [2.24, 2.45) is 0 Å². The number of amides is 3. The number of urea groups is 1. The lowest BCUT2D eigenvalue weighted by atomic mass is 10.1. The van der Waals surface area contributed by atoms with Gasteiger partial charge in [-0.2, -0.15) is 0 Å². The van der Waals surface area contributed by atoms with Crippen LogP contribution in [0.1, 0.15) is 30.4 Å². The molecule has 0 saturated carbocycles. The van der Waals surface area contributed by atoms with Gasteiger partial charge in [0.2, 0.25) is 5.91 Å². The number of rotatable bonds is 6. The highest BCUT2D eigenvalue weighted by Crippen LogP contribution is 2.14. The van der Waals surface area contributed by atoms with Crippen LogP contribution in [0.2, 0.25) is 0 Å². The molecule has 5 nitrogen and oxygen atoms in total.